The molecule has 0 saturated heterocycles. The van der Waals surface area contributed by atoms with Crippen molar-refractivity contribution in [3.05, 3.63) is 35.4 Å². The van der Waals surface area contributed by atoms with Gasteiger partial charge in [-0.2, -0.15) is 8.78 Å². The van der Waals surface area contributed by atoms with Crippen LogP contribution >= 0.6 is 0 Å². The molecule has 1 saturated carbocycles. The van der Waals surface area contributed by atoms with Crippen LogP contribution in [-0.4, -0.2) is 19.3 Å². The van der Waals surface area contributed by atoms with E-state index in [1.807, 2.05) is 6.92 Å². The summed E-state index contributed by atoms with van der Waals surface area (Å²) in [6.07, 6.45) is -0.593. The Labute approximate surface area is 112 Å². The highest BCUT2D eigenvalue weighted by Crippen LogP contribution is 2.35. The molecule has 0 unspecified atom stereocenters. The fraction of sp³-hybridized carbons (Fsp3) is 0.600. The molecule has 0 amide bonds. The summed E-state index contributed by atoms with van der Waals surface area (Å²) in [4.78, 5) is 0. The smallest absolute Gasteiger partial charge is 0.381 e. The van der Waals surface area contributed by atoms with Crippen molar-refractivity contribution < 1.29 is 18.3 Å². The highest BCUT2D eigenvalue weighted by molar-refractivity contribution is 5.23. The summed E-state index contributed by atoms with van der Waals surface area (Å²) in [5.41, 5.74) is 0.882. The van der Waals surface area contributed by atoms with E-state index in [0.717, 1.165) is 18.4 Å². The van der Waals surface area contributed by atoms with E-state index in [1.54, 1.807) is 19.2 Å². The maximum atomic E-state index is 14.0. The van der Waals surface area contributed by atoms with Crippen LogP contribution in [-0.2, 0) is 15.6 Å². The fourth-order valence-electron chi connectivity index (χ4n) is 2.41. The number of halogens is 2. The van der Waals surface area contributed by atoms with Crippen LogP contribution in [0.25, 0.3) is 0 Å². The van der Waals surface area contributed by atoms with Gasteiger partial charge in [-0.15, -0.1) is 0 Å². The third kappa shape index (κ3) is 3.74. The molecule has 1 aromatic rings. The molecule has 2 nitrogen and oxygen atoms in total. The van der Waals surface area contributed by atoms with E-state index in [0.29, 0.717) is 12.8 Å². The highest BCUT2D eigenvalue weighted by atomic mass is 19.3. The standard InChI is InChI=1S/C15H20F2O2/c1-11-3-5-12(6-4-11)15(16,17)19-14-9-7-13(18-2)8-10-14/h3-6,13-14H,7-10H2,1-2H3. The van der Waals surface area contributed by atoms with Crippen molar-refractivity contribution in [2.24, 2.45) is 0 Å². The topological polar surface area (TPSA) is 18.5 Å². The summed E-state index contributed by atoms with van der Waals surface area (Å²) in [7, 11) is 1.66. The molecule has 106 valence electrons. The minimum atomic E-state index is -3.21. The summed E-state index contributed by atoms with van der Waals surface area (Å²) in [5.74, 6) is 0. The van der Waals surface area contributed by atoms with Gasteiger partial charge < -0.3 is 9.47 Å². The lowest BCUT2D eigenvalue weighted by atomic mass is 9.95. The minimum Gasteiger partial charge on any atom is -0.381 e. The van der Waals surface area contributed by atoms with Gasteiger partial charge in [0.2, 0.25) is 0 Å². The van der Waals surface area contributed by atoms with Crippen LogP contribution in [0, 0.1) is 6.92 Å². The van der Waals surface area contributed by atoms with Crippen LogP contribution in [0.1, 0.15) is 36.8 Å². The quantitative estimate of drug-likeness (QED) is 0.822. The maximum Gasteiger partial charge on any atom is 0.383 e. The molecule has 19 heavy (non-hydrogen) atoms. The number of benzene rings is 1. The first-order chi connectivity index (χ1) is 9.01. The van der Waals surface area contributed by atoms with E-state index in [-0.39, 0.29) is 17.8 Å². The Morgan fingerprint density at radius 2 is 1.53 bits per heavy atom. The van der Waals surface area contributed by atoms with Gasteiger partial charge in [-0.05, 0) is 32.6 Å². The van der Waals surface area contributed by atoms with Crippen LogP contribution in [0.4, 0.5) is 8.78 Å². The molecule has 0 radical (unpaired) electrons. The SMILES string of the molecule is COC1CCC(OC(F)(F)c2ccc(C)cc2)CC1. The molecular weight excluding hydrogens is 250 g/mol. The second kappa shape index (κ2) is 5.97. The van der Waals surface area contributed by atoms with Crippen molar-refractivity contribution in [1.29, 1.82) is 0 Å². The maximum absolute atomic E-state index is 14.0. The first-order valence-electron chi connectivity index (χ1n) is 6.67. The lowest BCUT2D eigenvalue weighted by molar-refractivity contribution is -0.279. The van der Waals surface area contributed by atoms with Crippen molar-refractivity contribution in [3.8, 4) is 0 Å². The Hall–Kier alpha value is -1.00. The van der Waals surface area contributed by atoms with Crippen LogP contribution in [0.2, 0.25) is 0 Å². The van der Waals surface area contributed by atoms with Crippen molar-refractivity contribution in [1.82, 2.24) is 0 Å². The molecular formula is C15H20F2O2. The summed E-state index contributed by atoms with van der Waals surface area (Å²) in [6, 6.07) is 6.20. The third-order valence-electron chi connectivity index (χ3n) is 3.66. The normalized spacial score (nSPS) is 24.4. The van der Waals surface area contributed by atoms with Crippen LogP contribution in [0.3, 0.4) is 0 Å². The minimum absolute atomic E-state index is 0.0769. The van der Waals surface area contributed by atoms with E-state index in [9.17, 15) is 8.78 Å². The first-order valence-corrected chi connectivity index (χ1v) is 6.67. The van der Waals surface area contributed by atoms with E-state index in [2.05, 4.69) is 0 Å². The van der Waals surface area contributed by atoms with Gasteiger partial charge in [0.05, 0.1) is 17.8 Å². The Kier molecular flexibility index (Phi) is 4.53. The average Bonchev–Trinajstić information content (AvgIpc) is 2.40. The van der Waals surface area contributed by atoms with E-state index in [4.69, 9.17) is 9.47 Å². The molecule has 1 aromatic carbocycles. The highest BCUT2D eigenvalue weighted by Gasteiger charge is 2.37. The molecule has 0 aliphatic heterocycles. The number of hydrogen-bond donors (Lipinski definition) is 0. The van der Waals surface area contributed by atoms with Gasteiger partial charge in [0.15, 0.2) is 0 Å². The molecule has 0 aromatic heterocycles. The lowest BCUT2D eigenvalue weighted by Gasteiger charge is -2.30. The number of aryl methyl sites for hydroxylation is 1. The predicted octanol–water partition coefficient (Wildman–Crippen LogP) is 4.02. The zero-order valence-corrected chi connectivity index (χ0v) is 11.4. The number of ether oxygens (including phenoxy) is 2. The van der Waals surface area contributed by atoms with Crippen LogP contribution in [0.15, 0.2) is 24.3 Å². The van der Waals surface area contributed by atoms with E-state index in [1.165, 1.54) is 12.1 Å². The van der Waals surface area contributed by atoms with E-state index >= 15 is 0 Å². The third-order valence-corrected chi connectivity index (χ3v) is 3.66. The summed E-state index contributed by atoms with van der Waals surface area (Å²) in [5, 5.41) is 0. The molecule has 4 heteroatoms. The van der Waals surface area contributed by atoms with Crippen molar-refractivity contribution in [3.63, 3.8) is 0 Å². The van der Waals surface area contributed by atoms with Crippen molar-refractivity contribution >= 4 is 0 Å². The number of alkyl halides is 2. The molecule has 1 aliphatic carbocycles. The van der Waals surface area contributed by atoms with Crippen molar-refractivity contribution in [2.75, 3.05) is 7.11 Å². The van der Waals surface area contributed by atoms with Gasteiger partial charge >= 0.3 is 6.11 Å². The van der Waals surface area contributed by atoms with Gasteiger partial charge in [0.1, 0.15) is 0 Å². The fourth-order valence-corrected chi connectivity index (χ4v) is 2.41. The summed E-state index contributed by atoms with van der Waals surface area (Å²) in [6.45, 7) is 1.87. The van der Waals surface area contributed by atoms with Crippen LogP contribution < -0.4 is 0 Å². The number of rotatable bonds is 4. The zero-order valence-electron chi connectivity index (χ0n) is 11.4. The largest absolute Gasteiger partial charge is 0.383 e. The Morgan fingerprint density at radius 1 is 1.00 bits per heavy atom. The zero-order chi connectivity index (χ0) is 13.9. The molecule has 0 spiro atoms. The summed E-state index contributed by atoms with van der Waals surface area (Å²) >= 11 is 0. The first kappa shape index (κ1) is 14.4. The van der Waals surface area contributed by atoms with Gasteiger partial charge in [0, 0.05) is 7.11 Å². The van der Waals surface area contributed by atoms with Crippen LogP contribution in [0.5, 0.6) is 0 Å². The van der Waals surface area contributed by atoms with Gasteiger partial charge in [-0.1, -0.05) is 29.8 Å². The Balaban J connectivity index is 1.95. The van der Waals surface area contributed by atoms with Gasteiger partial charge in [-0.3, -0.25) is 0 Å². The van der Waals surface area contributed by atoms with Gasteiger partial charge in [-0.25, -0.2) is 0 Å². The molecule has 1 aliphatic rings. The Bertz CT molecular complexity index is 395. The second-order valence-electron chi connectivity index (χ2n) is 5.14. The van der Waals surface area contributed by atoms with Gasteiger partial charge in [0.25, 0.3) is 0 Å². The van der Waals surface area contributed by atoms with Crippen molar-refractivity contribution in [2.45, 2.75) is 50.9 Å². The predicted molar refractivity (Wildman–Crippen MR) is 69.2 cm³/mol. The molecule has 0 heterocycles. The monoisotopic (exact) mass is 270 g/mol. The van der Waals surface area contributed by atoms with E-state index < -0.39 is 6.11 Å². The molecule has 0 N–H and O–H groups in total. The molecule has 0 bridgehead atoms. The number of methoxy groups -OCH3 is 1. The second-order valence-corrected chi connectivity index (χ2v) is 5.14. The molecule has 2 rings (SSSR count). The lowest BCUT2D eigenvalue weighted by Crippen LogP contribution is -2.31. The summed E-state index contributed by atoms with van der Waals surface area (Å²) < 4.78 is 38.2. The number of hydrogen-bond acceptors (Lipinski definition) is 2. The molecule has 0 atom stereocenters. The Morgan fingerprint density at radius 3 is 2.05 bits per heavy atom. The average molecular weight is 270 g/mol. The molecule has 1 fully saturated rings.